The number of carbonyl (C=O) groups excluding carboxylic acids is 1. The van der Waals surface area contributed by atoms with Gasteiger partial charge in [-0.1, -0.05) is 30.5 Å². The Morgan fingerprint density at radius 1 is 1.17 bits per heavy atom. The summed E-state index contributed by atoms with van der Waals surface area (Å²) in [5.74, 6) is 0. The predicted octanol–water partition coefficient (Wildman–Crippen LogP) is 4.80. The van der Waals surface area contributed by atoms with E-state index in [2.05, 4.69) is 48.5 Å². The summed E-state index contributed by atoms with van der Waals surface area (Å²) in [5.41, 5.74) is 5.79. The summed E-state index contributed by atoms with van der Waals surface area (Å²) >= 11 is 1.47. The van der Waals surface area contributed by atoms with E-state index in [1.807, 2.05) is 5.38 Å². The van der Waals surface area contributed by atoms with E-state index < -0.39 is 0 Å². The van der Waals surface area contributed by atoms with Crippen LogP contribution < -0.4 is 10.6 Å². The molecule has 5 heteroatoms. The van der Waals surface area contributed by atoms with Crippen molar-refractivity contribution in [3.05, 3.63) is 34.2 Å². The molecule has 1 fully saturated rings. The number of thiazole rings is 1. The van der Waals surface area contributed by atoms with Gasteiger partial charge < -0.3 is 5.32 Å². The van der Waals surface area contributed by atoms with Crippen LogP contribution in [0.2, 0.25) is 0 Å². The van der Waals surface area contributed by atoms with Crippen LogP contribution in [0, 0.1) is 20.8 Å². The number of nitrogens with one attached hydrogen (secondary N) is 2. The van der Waals surface area contributed by atoms with Crippen molar-refractivity contribution < 1.29 is 4.79 Å². The quantitative estimate of drug-likeness (QED) is 0.850. The molecule has 2 aromatic rings. The van der Waals surface area contributed by atoms with E-state index in [4.69, 9.17) is 0 Å². The van der Waals surface area contributed by atoms with Gasteiger partial charge in [-0.2, -0.15) is 0 Å². The monoisotopic (exact) mass is 329 g/mol. The zero-order valence-electron chi connectivity index (χ0n) is 13.9. The molecule has 4 nitrogen and oxygen atoms in total. The van der Waals surface area contributed by atoms with Crippen molar-refractivity contribution >= 4 is 22.5 Å². The number of anilines is 1. The second-order valence-corrected chi connectivity index (χ2v) is 7.25. The zero-order valence-corrected chi connectivity index (χ0v) is 14.7. The number of nitrogens with zero attached hydrogens (tertiary/aromatic N) is 1. The molecule has 0 unspecified atom stereocenters. The predicted molar refractivity (Wildman–Crippen MR) is 96.2 cm³/mol. The van der Waals surface area contributed by atoms with Crippen LogP contribution in [0.5, 0.6) is 0 Å². The Hall–Kier alpha value is -1.88. The lowest BCUT2D eigenvalue weighted by molar-refractivity contribution is 0.248. The number of amides is 2. The highest BCUT2D eigenvalue weighted by Gasteiger charge is 2.18. The molecule has 2 amide bonds. The minimum absolute atomic E-state index is 0.143. The molecule has 23 heavy (non-hydrogen) atoms. The second kappa shape index (κ2) is 6.71. The van der Waals surface area contributed by atoms with Gasteiger partial charge in [-0.15, -0.1) is 11.3 Å². The van der Waals surface area contributed by atoms with Gasteiger partial charge in [0.05, 0.1) is 5.69 Å². The summed E-state index contributed by atoms with van der Waals surface area (Å²) in [6.07, 6.45) is 4.58. The molecule has 1 heterocycles. The molecule has 0 radical (unpaired) electrons. The molecule has 2 N–H and O–H groups in total. The highest BCUT2D eigenvalue weighted by atomic mass is 32.1. The Morgan fingerprint density at radius 3 is 2.48 bits per heavy atom. The van der Waals surface area contributed by atoms with Gasteiger partial charge in [-0.25, -0.2) is 9.78 Å². The van der Waals surface area contributed by atoms with Crippen LogP contribution in [-0.2, 0) is 0 Å². The molecule has 122 valence electrons. The maximum Gasteiger partial charge on any atom is 0.321 e. The van der Waals surface area contributed by atoms with E-state index >= 15 is 0 Å². The summed E-state index contributed by atoms with van der Waals surface area (Å²) in [6.45, 7) is 6.31. The van der Waals surface area contributed by atoms with Gasteiger partial charge in [-0.05, 0) is 44.7 Å². The largest absolute Gasteiger partial charge is 0.335 e. The fourth-order valence-electron chi connectivity index (χ4n) is 3.42. The number of hydrogen-bond acceptors (Lipinski definition) is 3. The summed E-state index contributed by atoms with van der Waals surface area (Å²) in [6, 6.07) is 4.51. The van der Waals surface area contributed by atoms with Gasteiger partial charge >= 0.3 is 6.03 Å². The van der Waals surface area contributed by atoms with Crippen molar-refractivity contribution in [3.8, 4) is 11.3 Å². The smallest absolute Gasteiger partial charge is 0.321 e. The summed E-state index contributed by atoms with van der Waals surface area (Å²) in [5, 5.41) is 8.55. The van der Waals surface area contributed by atoms with E-state index in [1.165, 1.54) is 40.9 Å². The number of urea groups is 1. The van der Waals surface area contributed by atoms with Crippen LogP contribution in [0.4, 0.5) is 9.93 Å². The van der Waals surface area contributed by atoms with E-state index in [0.717, 1.165) is 24.1 Å². The molecule has 0 aliphatic heterocycles. The molecule has 1 aliphatic rings. The lowest BCUT2D eigenvalue weighted by Crippen LogP contribution is -2.36. The number of rotatable bonds is 3. The van der Waals surface area contributed by atoms with Gasteiger partial charge in [0.2, 0.25) is 0 Å². The summed E-state index contributed by atoms with van der Waals surface area (Å²) in [7, 11) is 0. The van der Waals surface area contributed by atoms with E-state index in [9.17, 15) is 4.79 Å². The van der Waals surface area contributed by atoms with E-state index in [0.29, 0.717) is 11.2 Å². The Kier molecular flexibility index (Phi) is 4.66. The molecule has 0 atom stereocenters. The number of aromatic nitrogens is 1. The average molecular weight is 329 g/mol. The van der Waals surface area contributed by atoms with Gasteiger partial charge in [-0.3, -0.25) is 5.32 Å². The molecule has 1 aromatic carbocycles. The highest BCUT2D eigenvalue weighted by Crippen LogP contribution is 2.31. The Balaban J connectivity index is 1.72. The van der Waals surface area contributed by atoms with Crippen molar-refractivity contribution in [2.24, 2.45) is 0 Å². The highest BCUT2D eigenvalue weighted by molar-refractivity contribution is 7.14. The van der Waals surface area contributed by atoms with Crippen molar-refractivity contribution in [1.29, 1.82) is 0 Å². The van der Waals surface area contributed by atoms with Crippen LogP contribution >= 0.6 is 11.3 Å². The summed E-state index contributed by atoms with van der Waals surface area (Å²) in [4.78, 5) is 16.6. The molecule has 0 bridgehead atoms. The van der Waals surface area contributed by atoms with Crippen molar-refractivity contribution in [2.75, 3.05) is 5.32 Å². The van der Waals surface area contributed by atoms with Crippen molar-refractivity contribution in [2.45, 2.75) is 52.5 Å². The Morgan fingerprint density at radius 2 is 1.83 bits per heavy atom. The molecule has 1 saturated carbocycles. The third-order valence-corrected chi connectivity index (χ3v) is 5.11. The molecule has 1 aromatic heterocycles. The van der Waals surface area contributed by atoms with Gasteiger partial charge in [0.1, 0.15) is 0 Å². The molecule has 1 aliphatic carbocycles. The molecule has 0 saturated heterocycles. The lowest BCUT2D eigenvalue weighted by Gasteiger charge is -2.11. The van der Waals surface area contributed by atoms with Crippen LogP contribution in [0.25, 0.3) is 11.3 Å². The molecular weight excluding hydrogens is 306 g/mol. The molecule has 0 spiro atoms. The first kappa shape index (κ1) is 16.0. The first-order valence-electron chi connectivity index (χ1n) is 8.14. The van der Waals surface area contributed by atoms with E-state index in [1.54, 1.807) is 0 Å². The summed E-state index contributed by atoms with van der Waals surface area (Å²) < 4.78 is 0. The van der Waals surface area contributed by atoms with Crippen LogP contribution in [0.1, 0.15) is 42.4 Å². The van der Waals surface area contributed by atoms with Crippen molar-refractivity contribution in [1.82, 2.24) is 10.3 Å². The van der Waals surface area contributed by atoms with Crippen LogP contribution in [0.3, 0.4) is 0 Å². The number of aryl methyl sites for hydroxylation is 3. The lowest BCUT2D eigenvalue weighted by atomic mass is 9.98. The fraction of sp³-hybridized carbons (Fsp3) is 0.444. The Labute approximate surface area is 141 Å². The van der Waals surface area contributed by atoms with Crippen molar-refractivity contribution in [3.63, 3.8) is 0 Å². The number of benzene rings is 1. The third-order valence-electron chi connectivity index (χ3n) is 4.35. The standard InChI is InChI=1S/C18H23N3OS/c1-11-8-12(2)16(13(3)9-11)15-10-23-18(20-15)21-17(22)19-14-6-4-5-7-14/h8-10,14H,4-7H2,1-3H3,(H2,19,20,21,22). The second-order valence-electron chi connectivity index (χ2n) is 6.39. The van der Waals surface area contributed by atoms with Crippen LogP contribution in [0.15, 0.2) is 17.5 Å². The first-order valence-corrected chi connectivity index (χ1v) is 9.02. The molecule has 3 rings (SSSR count). The Bertz CT molecular complexity index is 694. The van der Waals surface area contributed by atoms with Crippen LogP contribution in [-0.4, -0.2) is 17.1 Å². The third kappa shape index (κ3) is 3.72. The average Bonchev–Trinajstić information content (AvgIpc) is 3.10. The minimum Gasteiger partial charge on any atom is -0.335 e. The topological polar surface area (TPSA) is 54.0 Å². The number of carbonyl (C=O) groups is 1. The van der Waals surface area contributed by atoms with Gasteiger partial charge in [0.25, 0.3) is 0 Å². The minimum atomic E-state index is -0.143. The fourth-order valence-corrected chi connectivity index (χ4v) is 4.12. The van der Waals surface area contributed by atoms with E-state index in [-0.39, 0.29) is 6.03 Å². The SMILES string of the molecule is Cc1cc(C)c(-c2csc(NC(=O)NC3CCCC3)n2)c(C)c1. The maximum absolute atomic E-state index is 12.0. The first-order chi connectivity index (χ1) is 11.0. The zero-order chi connectivity index (χ0) is 16.4. The maximum atomic E-state index is 12.0. The molecular formula is C18H23N3OS. The van der Waals surface area contributed by atoms with Gasteiger partial charge in [0, 0.05) is 17.0 Å². The van der Waals surface area contributed by atoms with Gasteiger partial charge in [0.15, 0.2) is 5.13 Å². The number of hydrogen-bond donors (Lipinski definition) is 2. The normalized spacial score (nSPS) is 14.9.